The Balaban J connectivity index is 1.88. The van der Waals surface area contributed by atoms with E-state index in [1.165, 1.54) is 25.9 Å². The summed E-state index contributed by atoms with van der Waals surface area (Å²) in [5, 5.41) is 9.71. The molecule has 1 atom stereocenters. The van der Waals surface area contributed by atoms with E-state index in [0.717, 1.165) is 18.7 Å². The molecule has 1 fully saturated rings. The van der Waals surface area contributed by atoms with Gasteiger partial charge in [0.1, 0.15) is 0 Å². The first-order chi connectivity index (χ1) is 9.64. The van der Waals surface area contributed by atoms with Crippen molar-refractivity contribution in [3.8, 4) is 0 Å². The van der Waals surface area contributed by atoms with E-state index in [2.05, 4.69) is 16.8 Å². The van der Waals surface area contributed by atoms with E-state index in [0.29, 0.717) is 6.54 Å². The van der Waals surface area contributed by atoms with Crippen molar-refractivity contribution in [1.82, 2.24) is 9.80 Å². The van der Waals surface area contributed by atoms with Gasteiger partial charge in [0, 0.05) is 19.6 Å². The first-order valence-corrected chi connectivity index (χ1v) is 7.50. The van der Waals surface area contributed by atoms with E-state index >= 15 is 0 Å². The summed E-state index contributed by atoms with van der Waals surface area (Å²) in [6, 6.07) is 9.89. The molecule has 1 aliphatic heterocycles. The average molecular weight is 277 g/mol. The highest BCUT2D eigenvalue weighted by atomic mass is 16.3. The fourth-order valence-electron chi connectivity index (χ4n) is 2.88. The molecule has 1 saturated heterocycles. The van der Waals surface area contributed by atoms with Crippen LogP contribution in [-0.2, 0) is 5.54 Å². The molecule has 0 amide bonds. The summed E-state index contributed by atoms with van der Waals surface area (Å²) in [4.78, 5) is 4.72. The van der Waals surface area contributed by atoms with Crippen LogP contribution in [-0.4, -0.2) is 61.3 Å². The first-order valence-electron chi connectivity index (χ1n) is 7.50. The number of hydrogen-bond donors (Lipinski definition) is 2. The highest BCUT2D eigenvalue weighted by Crippen LogP contribution is 2.18. The van der Waals surface area contributed by atoms with Crippen molar-refractivity contribution >= 4 is 0 Å². The Bertz CT molecular complexity index is 392. The molecule has 0 spiro atoms. The lowest BCUT2D eigenvalue weighted by Crippen LogP contribution is -2.50. The second-order valence-electron chi connectivity index (χ2n) is 5.97. The highest BCUT2D eigenvalue weighted by molar-refractivity contribution is 5.24. The maximum absolute atomic E-state index is 9.71. The standard InChI is InChI=1S/C16H27N3O/c1-18(11-12-19-9-5-6-10-19)13-16(17,14-20)15-7-3-2-4-8-15/h2-4,7-8,20H,5-6,9-14,17H2,1H3. The first kappa shape index (κ1) is 15.4. The lowest BCUT2D eigenvalue weighted by molar-refractivity contribution is 0.143. The Morgan fingerprint density at radius 3 is 2.50 bits per heavy atom. The van der Waals surface area contributed by atoms with E-state index in [-0.39, 0.29) is 6.61 Å². The smallest absolute Gasteiger partial charge is 0.0772 e. The minimum absolute atomic E-state index is 0.0366. The van der Waals surface area contributed by atoms with E-state index < -0.39 is 5.54 Å². The molecule has 0 radical (unpaired) electrons. The lowest BCUT2D eigenvalue weighted by atomic mass is 9.91. The average Bonchev–Trinajstić information content (AvgIpc) is 2.99. The van der Waals surface area contributed by atoms with Crippen molar-refractivity contribution in [2.45, 2.75) is 18.4 Å². The van der Waals surface area contributed by atoms with Crippen LogP contribution in [0.2, 0.25) is 0 Å². The number of aliphatic hydroxyl groups excluding tert-OH is 1. The molecule has 1 aromatic carbocycles. The molecular formula is C16H27N3O. The number of likely N-dealkylation sites (N-methyl/N-ethyl adjacent to an activating group) is 1. The zero-order valence-electron chi connectivity index (χ0n) is 12.5. The van der Waals surface area contributed by atoms with Gasteiger partial charge in [-0.25, -0.2) is 0 Å². The Morgan fingerprint density at radius 2 is 1.90 bits per heavy atom. The number of likely N-dealkylation sites (tertiary alicyclic amines) is 1. The predicted molar refractivity (Wildman–Crippen MR) is 82.6 cm³/mol. The minimum atomic E-state index is -0.680. The summed E-state index contributed by atoms with van der Waals surface area (Å²) in [5.41, 5.74) is 6.71. The van der Waals surface area contributed by atoms with Crippen molar-refractivity contribution < 1.29 is 5.11 Å². The molecule has 2 rings (SSSR count). The monoisotopic (exact) mass is 277 g/mol. The number of nitrogens with zero attached hydrogens (tertiary/aromatic N) is 2. The molecule has 3 N–H and O–H groups in total. The van der Waals surface area contributed by atoms with Crippen molar-refractivity contribution in [2.24, 2.45) is 5.73 Å². The lowest BCUT2D eigenvalue weighted by Gasteiger charge is -2.33. The molecule has 0 aliphatic carbocycles. The highest BCUT2D eigenvalue weighted by Gasteiger charge is 2.28. The molecule has 4 nitrogen and oxygen atoms in total. The molecule has 1 aliphatic rings. The van der Waals surface area contributed by atoms with Crippen molar-refractivity contribution in [3.05, 3.63) is 35.9 Å². The van der Waals surface area contributed by atoms with Crippen LogP contribution >= 0.6 is 0 Å². The molecule has 20 heavy (non-hydrogen) atoms. The molecular weight excluding hydrogens is 250 g/mol. The maximum Gasteiger partial charge on any atom is 0.0772 e. The van der Waals surface area contributed by atoms with Gasteiger partial charge in [-0.05, 0) is 38.5 Å². The second-order valence-corrected chi connectivity index (χ2v) is 5.97. The number of nitrogens with two attached hydrogens (primary N) is 1. The maximum atomic E-state index is 9.71. The fraction of sp³-hybridized carbons (Fsp3) is 0.625. The number of benzene rings is 1. The summed E-state index contributed by atoms with van der Waals surface area (Å²) >= 11 is 0. The molecule has 112 valence electrons. The third-order valence-electron chi connectivity index (χ3n) is 4.18. The number of hydrogen-bond acceptors (Lipinski definition) is 4. The van der Waals surface area contributed by atoms with Gasteiger partial charge >= 0.3 is 0 Å². The number of aliphatic hydroxyl groups is 1. The summed E-state index contributed by atoms with van der Waals surface area (Å²) in [5.74, 6) is 0. The van der Waals surface area contributed by atoms with Crippen molar-refractivity contribution in [3.63, 3.8) is 0 Å². The van der Waals surface area contributed by atoms with Crippen molar-refractivity contribution in [2.75, 3.05) is 46.4 Å². The Hall–Kier alpha value is -0.940. The molecule has 0 bridgehead atoms. The van der Waals surface area contributed by atoms with Crippen LogP contribution in [0.1, 0.15) is 18.4 Å². The van der Waals surface area contributed by atoms with Crippen molar-refractivity contribution in [1.29, 1.82) is 0 Å². The second kappa shape index (κ2) is 7.18. The van der Waals surface area contributed by atoms with Crippen LogP contribution in [0.25, 0.3) is 0 Å². The van der Waals surface area contributed by atoms with Gasteiger partial charge in [0.05, 0.1) is 12.1 Å². The Kier molecular flexibility index (Phi) is 5.54. The van der Waals surface area contributed by atoms with E-state index in [1.807, 2.05) is 30.3 Å². The topological polar surface area (TPSA) is 52.7 Å². The Labute approximate surface area is 122 Å². The Morgan fingerprint density at radius 1 is 1.25 bits per heavy atom. The molecule has 0 saturated carbocycles. The van der Waals surface area contributed by atoms with Crippen LogP contribution in [0.4, 0.5) is 0 Å². The summed E-state index contributed by atoms with van der Waals surface area (Å²) in [7, 11) is 2.08. The van der Waals surface area contributed by atoms with Gasteiger partial charge in [-0.1, -0.05) is 30.3 Å². The summed E-state index contributed by atoms with van der Waals surface area (Å²) < 4.78 is 0. The zero-order valence-corrected chi connectivity index (χ0v) is 12.5. The van der Waals surface area contributed by atoms with Crippen LogP contribution in [0.15, 0.2) is 30.3 Å². The molecule has 1 aromatic rings. The molecule has 0 aromatic heterocycles. The van der Waals surface area contributed by atoms with Gasteiger partial charge in [0.25, 0.3) is 0 Å². The van der Waals surface area contributed by atoms with Gasteiger partial charge in [-0.3, -0.25) is 0 Å². The fourth-order valence-corrected chi connectivity index (χ4v) is 2.88. The number of rotatable bonds is 7. The summed E-state index contributed by atoms with van der Waals surface area (Å²) in [6.07, 6.45) is 2.65. The van der Waals surface area contributed by atoms with E-state index in [9.17, 15) is 5.11 Å². The normalized spacial score (nSPS) is 19.4. The third kappa shape index (κ3) is 4.03. The largest absolute Gasteiger partial charge is 0.394 e. The van der Waals surface area contributed by atoms with Gasteiger partial charge in [0.15, 0.2) is 0 Å². The van der Waals surface area contributed by atoms with Crippen LogP contribution < -0.4 is 5.73 Å². The van der Waals surface area contributed by atoms with Crippen LogP contribution in [0, 0.1) is 0 Å². The third-order valence-corrected chi connectivity index (χ3v) is 4.18. The van der Waals surface area contributed by atoms with Gasteiger partial charge in [0.2, 0.25) is 0 Å². The quantitative estimate of drug-likeness (QED) is 0.776. The zero-order chi connectivity index (χ0) is 14.4. The SMILES string of the molecule is CN(CCN1CCCC1)CC(N)(CO)c1ccccc1. The van der Waals surface area contributed by atoms with E-state index in [1.54, 1.807) is 0 Å². The van der Waals surface area contributed by atoms with Crippen LogP contribution in [0.5, 0.6) is 0 Å². The molecule has 4 heteroatoms. The predicted octanol–water partition coefficient (Wildman–Crippen LogP) is 0.861. The molecule has 1 heterocycles. The van der Waals surface area contributed by atoms with Crippen LogP contribution in [0.3, 0.4) is 0 Å². The summed E-state index contributed by atoms with van der Waals surface area (Å²) in [6.45, 7) is 5.16. The van der Waals surface area contributed by atoms with E-state index in [4.69, 9.17) is 5.73 Å². The minimum Gasteiger partial charge on any atom is -0.394 e. The van der Waals surface area contributed by atoms with Gasteiger partial charge in [-0.15, -0.1) is 0 Å². The van der Waals surface area contributed by atoms with Gasteiger partial charge < -0.3 is 20.6 Å². The van der Waals surface area contributed by atoms with Gasteiger partial charge in [-0.2, -0.15) is 0 Å². The molecule has 1 unspecified atom stereocenters.